The van der Waals surface area contributed by atoms with Crippen LogP contribution in [0, 0.1) is 5.92 Å². The molecule has 0 radical (unpaired) electrons. The van der Waals surface area contributed by atoms with Crippen molar-refractivity contribution in [3.8, 4) is 11.3 Å². The van der Waals surface area contributed by atoms with Crippen LogP contribution in [-0.4, -0.2) is 36.5 Å². The fraction of sp³-hybridized carbons (Fsp3) is 0.353. The van der Waals surface area contributed by atoms with Crippen molar-refractivity contribution < 1.29 is 9.21 Å². The molecule has 0 aliphatic carbocycles. The van der Waals surface area contributed by atoms with Crippen molar-refractivity contribution in [1.82, 2.24) is 10.2 Å². The summed E-state index contributed by atoms with van der Waals surface area (Å²) in [4.78, 5) is 14.7. The molecule has 5 nitrogen and oxygen atoms in total. The lowest BCUT2D eigenvalue weighted by atomic mass is 10.00. The number of carbonyl (C=O) groups is 1. The van der Waals surface area contributed by atoms with E-state index in [2.05, 4.69) is 10.2 Å². The molecule has 2 fully saturated rings. The van der Waals surface area contributed by atoms with Crippen molar-refractivity contribution in [1.29, 1.82) is 0 Å². The van der Waals surface area contributed by atoms with E-state index >= 15 is 0 Å². The summed E-state index contributed by atoms with van der Waals surface area (Å²) in [6.45, 7) is 3.23. The molecule has 114 valence electrons. The molecule has 2 bridgehead atoms. The summed E-state index contributed by atoms with van der Waals surface area (Å²) in [6, 6.07) is 11.2. The molecular formula is C17H19N3O2. The SMILES string of the molecule is Nc1cccc(-c2ccc(C(=O)NC3CN4CC[C@H]3C4)o2)c1. The van der Waals surface area contributed by atoms with Gasteiger partial charge in [0.2, 0.25) is 0 Å². The lowest BCUT2D eigenvalue weighted by molar-refractivity contribution is 0.0897. The average molecular weight is 297 g/mol. The third-order valence-corrected chi connectivity index (χ3v) is 4.65. The number of rotatable bonds is 3. The number of benzene rings is 1. The van der Waals surface area contributed by atoms with Gasteiger partial charge in [0.25, 0.3) is 5.91 Å². The molecular weight excluding hydrogens is 278 g/mol. The summed E-state index contributed by atoms with van der Waals surface area (Å²) in [5, 5.41) is 3.10. The molecule has 2 unspecified atom stereocenters. The Bertz CT molecular complexity index is 709. The molecule has 0 spiro atoms. The number of furan rings is 1. The van der Waals surface area contributed by atoms with Crippen molar-refractivity contribution in [3.05, 3.63) is 42.2 Å². The second kappa shape index (κ2) is 5.18. The number of nitrogens with two attached hydrogens (primary N) is 1. The number of hydrogen-bond acceptors (Lipinski definition) is 4. The van der Waals surface area contributed by atoms with Crippen molar-refractivity contribution >= 4 is 11.6 Å². The zero-order chi connectivity index (χ0) is 15.1. The number of amides is 1. The number of hydrogen-bond donors (Lipinski definition) is 2. The van der Waals surface area contributed by atoms with Gasteiger partial charge in [0.1, 0.15) is 5.76 Å². The summed E-state index contributed by atoms with van der Waals surface area (Å²) in [5.74, 6) is 1.48. The fourth-order valence-corrected chi connectivity index (χ4v) is 3.49. The number of anilines is 1. The smallest absolute Gasteiger partial charge is 0.287 e. The normalized spacial score (nSPS) is 26.3. The number of carbonyl (C=O) groups excluding carboxylic acids is 1. The van der Waals surface area contributed by atoms with E-state index in [1.807, 2.05) is 30.3 Å². The minimum absolute atomic E-state index is 0.131. The topological polar surface area (TPSA) is 71.5 Å². The standard InChI is InChI=1S/C17H19N3O2/c18-13-3-1-2-11(8-13)15-4-5-16(22-15)17(21)19-14-10-20-7-6-12(14)9-20/h1-5,8,12,14H,6-7,9-10,18H2,(H,19,21)/t12-,14?/m0/s1. The van der Waals surface area contributed by atoms with Gasteiger partial charge in [-0.25, -0.2) is 0 Å². The van der Waals surface area contributed by atoms with Crippen LogP contribution in [0.2, 0.25) is 0 Å². The highest BCUT2D eigenvalue weighted by molar-refractivity contribution is 5.92. The average Bonchev–Trinajstić information content (AvgIpc) is 3.23. The van der Waals surface area contributed by atoms with Gasteiger partial charge in [0.15, 0.2) is 5.76 Å². The first-order valence-electron chi connectivity index (χ1n) is 7.68. The van der Waals surface area contributed by atoms with Crippen LogP contribution in [0.15, 0.2) is 40.8 Å². The van der Waals surface area contributed by atoms with E-state index in [1.165, 1.54) is 6.42 Å². The van der Waals surface area contributed by atoms with Crippen LogP contribution in [-0.2, 0) is 0 Å². The quantitative estimate of drug-likeness (QED) is 0.850. The zero-order valence-electron chi connectivity index (χ0n) is 12.3. The van der Waals surface area contributed by atoms with E-state index < -0.39 is 0 Å². The Balaban J connectivity index is 1.48. The predicted molar refractivity (Wildman–Crippen MR) is 84.4 cm³/mol. The summed E-state index contributed by atoms with van der Waals surface area (Å²) in [5.41, 5.74) is 7.34. The molecule has 3 atom stereocenters. The monoisotopic (exact) mass is 297 g/mol. The molecule has 2 saturated heterocycles. The predicted octanol–water partition coefficient (Wildman–Crippen LogP) is 1.96. The summed E-state index contributed by atoms with van der Waals surface area (Å²) >= 11 is 0. The second-order valence-electron chi connectivity index (χ2n) is 6.18. The van der Waals surface area contributed by atoms with Crippen LogP contribution < -0.4 is 11.1 Å². The molecule has 2 aliphatic rings. The summed E-state index contributed by atoms with van der Waals surface area (Å²) < 4.78 is 5.70. The highest BCUT2D eigenvalue weighted by Crippen LogP contribution is 2.28. The maximum absolute atomic E-state index is 12.3. The minimum atomic E-state index is -0.131. The lowest BCUT2D eigenvalue weighted by Crippen LogP contribution is -2.43. The molecule has 2 aliphatic heterocycles. The van der Waals surface area contributed by atoms with Crippen LogP contribution in [0.1, 0.15) is 17.0 Å². The van der Waals surface area contributed by atoms with Gasteiger partial charge < -0.3 is 20.4 Å². The van der Waals surface area contributed by atoms with Gasteiger partial charge in [-0.3, -0.25) is 4.79 Å². The molecule has 3 heterocycles. The first-order chi connectivity index (χ1) is 10.7. The second-order valence-corrected chi connectivity index (χ2v) is 6.18. The van der Waals surface area contributed by atoms with Crippen molar-refractivity contribution in [2.75, 3.05) is 25.4 Å². The van der Waals surface area contributed by atoms with Crippen molar-refractivity contribution in [2.24, 2.45) is 5.92 Å². The van der Waals surface area contributed by atoms with Gasteiger partial charge in [-0.2, -0.15) is 0 Å². The van der Waals surface area contributed by atoms with E-state index in [4.69, 9.17) is 10.2 Å². The Morgan fingerprint density at radius 3 is 2.91 bits per heavy atom. The van der Waals surface area contributed by atoms with E-state index in [9.17, 15) is 4.79 Å². The highest BCUT2D eigenvalue weighted by atomic mass is 16.3. The molecule has 1 aromatic carbocycles. The largest absolute Gasteiger partial charge is 0.451 e. The fourth-order valence-electron chi connectivity index (χ4n) is 3.49. The van der Waals surface area contributed by atoms with Crippen LogP contribution >= 0.6 is 0 Å². The zero-order valence-corrected chi connectivity index (χ0v) is 12.3. The first kappa shape index (κ1) is 13.4. The maximum atomic E-state index is 12.3. The van der Waals surface area contributed by atoms with Gasteiger partial charge in [0.05, 0.1) is 0 Å². The van der Waals surface area contributed by atoms with E-state index in [-0.39, 0.29) is 11.9 Å². The molecule has 0 saturated carbocycles. The van der Waals surface area contributed by atoms with E-state index in [0.717, 1.165) is 25.2 Å². The van der Waals surface area contributed by atoms with Gasteiger partial charge >= 0.3 is 0 Å². The molecule has 1 aromatic heterocycles. The van der Waals surface area contributed by atoms with Crippen LogP contribution in [0.5, 0.6) is 0 Å². The number of fused-ring (bicyclic) bond motifs is 2. The Kier molecular flexibility index (Phi) is 3.15. The lowest BCUT2D eigenvalue weighted by Gasteiger charge is -2.22. The number of piperidine rings is 1. The van der Waals surface area contributed by atoms with Gasteiger partial charge in [-0.15, -0.1) is 0 Å². The van der Waals surface area contributed by atoms with Crippen molar-refractivity contribution in [2.45, 2.75) is 12.5 Å². The van der Waals surface area contributed by atoms with E-state index in [1.54, 1.807) is 6.07 Å². The van der Waals surface area contributed by atoms with Gasteiger partial charge in [0, 0.05) is 30.4 Å². The molecule has 2 aromatic rings. The van der Waals surface area contributed by atoms with E-state index in [0.29, 0.717) is 23.1 Å². The van der Waals surface area contributed by atoms with Crippen LogP contribution in [0.4, 0.5) is 5.69 Å². The highest BCUT2D eigenvalue weighted by Gasteiger charge is 2.38. The Hall–Kier alpha value is -2.27. The van der Waals surface area contributed by atoms with Gasteiger partial charge in [-0.1, -0.05) is 12.1 Å². The summed E-state index contributed by atoms with van der Waals surface area (Å²) in [7, 11) is 0. The Morgan fingerprint density at radius 2 is 2.18 bits per heavy atom. The summed E-state index contributed by atoms with van der Waals surface area (Å²) in [6.07, 6.45) is 1.18. The van der Waals surface area contributed by atoms with Gasteiger partial charge in [-0.05, 0) is 43.1 Å². The third kappa shape index (κ3) is 2.37. The molecule has 1 amide bonds. The maximum Gasteiger partial charge on any atom is 0.287 e. The number of nitrogens with one attached hydrogen (secondary N) is 1. The molecule has 4 rings (SSSR count). The van der Waals surface area contributed by atoms with Crippen LogP contribution in [0.3, 0.4) is 0 Å². The molecule has 5 heteroatoms. The Morgan fingerprint density at radius 1 is 1.27 bits per heavy atom. The number of nitrogen functional groups attached to an aromatic ring is 1. The van der Waals surface area contributed by atoms with Crippen LogP contribution in [0.25, 0.3) is 11.3 Å². The van der Waals surface area contributed by atoms with Crippen molar-refractivity contribution in [3.63, 3.8) is 0 Å². The minimum Gasteiger partial charge on any atom is -0.451 e. The number of nitrogens with zero attached hydrogens (tertiary/aromatic N) is 1. The molecule has 3 N–H and O–H groups in total. The Labute approximate surface area is 129 Å². The third-order valence-electron chi connectivity index (χ3n) is 4.65. The first-order valence-corrected chi connectivity index (χ1v) is 7.68. The molecule has 22 heavy (non-hydrogen) atoms.